The van der Waals surface area contributed by atoms with E-state index in [2.05, 4.69) is 4.98 Å². The Bertz CT molecular complexity index is 592. The smallest absolute Gasteiger partial charge is 0.389 e. The fourth-order valence-corrected chi connectivity index (χ4v) is 1.58. The summed E-state index contributed by atoms with van der Waals surface area (Å²) in [5.41, 5.74) is 0.293. The van der Waals surface area contributed by atoms with Gasteiger partial charge in [0.25, 0.3) is 0 Å². The monoisotopic (exact) mass is 237 g/mol. The Labute approximate surface area is 96.4 Å². The average Bonchev–Trinajstić information content (AvgIpc) is 2.37. The first-order valence-corrected chi connectivity index (χ1v) is 4.85. The van der Waals surface area contributed by atoms with E-state index in [1.165, 1.54) is 26.5 Å². The SMILES string of the molecule is COC(OC)c1c[n+](=O)c2ncccc2n1[O-]. The molecule has 0 aliphatic carbocycles. The van der Waals surface area contributed by atoms with Gasteiger partial charge in [0, 0.05) is 18.6 Å². The van der Waals surface area contributed by atoms with E-state index in [0.717, 1.165) is 6.20 Å². The molecule has 0 saturated carbocycles. The maximum Gasteiger partial charge on any atom is 0.389 e. The fraction of sp³-hybridized carbons (Fsp3) is 0.300. The molecule has 0 atom stereocenters. The van der Waals surface area contributed by atoms with E-state index in [0.29, 0.717) is 9.16 Å². The van der Waals surface area contributed by atoms with Gasteiger partial charge >= 0.3 is 5.65 Å². The minimum absolute atomic E-state index is 0.0530. The molecule has 0 aliphatic heterocycles. The van der Waals surface area contributed by atoms with Gasteiger partial charge < -0.3 is 19.4 Å². The van der Waals surface area contributed by atoms with E-state index in [1.54, 1.807) is 6.07 Å². The van der Waals surface area contributed by atoms with Crippen LogP contribution in [0.2, 0.25) is 0 Å². The molecule has 0 bridgehead atoms. The number of hydrogen-bond donors (Lipinski definition) is 0. The standard InChI is InChI=1S/C10H11N3O4/c1-16-10(17-2)8-6-12(14)9-7(13(8)15)4-3-5-11-9/h3-6,10H,1-2H3. The third-order valence-corrected chi connectivity index (χ3v) is 2.35. The molecule has 0 amide bonds. The third-order valence-electron chi connectivity index (χ3n) is 2.35. The van der Waals surface area contributed by atoms with Crippen LogP contribution in [0.3, 0.4) is 0 Å². The number of ether oxygens (including phenoxy) is 2. The Kier molecular flexibility index (Phi) is 3.03. The topological polar surface area (TPSA) is 82.3 Å². The molecular weight excluding hydrogens is 226 g/mol. The van der Waals surface area contributed by atoms with Gasteiger partial charge in [0.1, 0.15) is 17.4 Å². The van der Waals surface area contributed by atoms with Crippen LogP contribution in [0.4, 0.5) is 0 Å². The highest BCUT2D eigenvalue weighted by atomic mass is 16.7. The lowest BCUT2D eigenvalue weighted by molar-refractivity contribution is -0.468. The molecule has 7 nitrogen and oxygen atoms in total. The zero-order valence-electron chi connectivity index (χ0n) is 9.36. The molecule has 2 heterocycles. The van der Waals surface area contributed by atoms with Crippen molar-refractivity contribution < 1.29 is 13.9 Å². The van der Waals surface area contributed by atoms with Crippen LogP contribution < -0.4 is 4.43 Å². The number of fused-ring (bicyclic) bond motifs is 1. The summed E-state index contributed by atoms with van der Waals surface area (Å²) in [5, 5.41) is 12.0. The average molecular weight is 237 g/mol. The van der Waals surface area contributed by atoms with Gasteiger partial charge in [-0.1, -0.05) is 4.91 Å². The lowest BCUT2D eigenvalue weighted by Crippen LogP contribution is -2.23. The maximum atomic E-state index is 12.0. The highest BCUT2D eigenvalue weighted by molar-refractivity contribution is 5.67. The van der Waals surface area contributed by atoms with Crippen LogP contribution in [0, 0.1) is 10.1 Å². The van der Waals surface area contributed by atoms with Crippen molar-refractivity contribution >= 4 is 11.2 Å². The summed E-state index contributed by atoms with van der Waals surface area (Å²) in [4.78, 5) is 15.5. The number of methoxy groups -OCH3 is 2. The van der Waals surface area contributed by atoms with Crippen molar-refractivity contribution in [2.45, 2.75) is 6.29 Å². The lowest BCUT2D eigenvalue weighted by atomic mass is 10.3. The van der Waals surface area contributed by atoms with E-state index in [4.69, 9.17) is 9.47 Å². The van der Waals surface area contributed by atoms with Crippen molar-refractivity contribution in [3.05, 3.63) is 40.3 Å². The van der Waals surface area contributed by atoms with Crippen LogP contribution in [-0.4, -0.2) is 23.9 Å². The second kappa shape index (κ2) is 4.48. The first kappa shape index (κ1) is 11.5. The van der Waals surface area contributed by atoms with E-state index in [9.17, 15) is 10.1 Å². The minimum Gasteiger partial charge on any atom is -0.805 e. The molecule has 2 aromatic rings. The molecule has 0 saturated heterocycles. The van der Waals surface area contributed by atoms with Crippen LogP contribution in [0.1, 0.15) is 12.0 Å². The summed E-state index contributed by atoms with van der Waals surface area (Å²) in [6.45, 7) is 0. The maximum absolute atomic E-state index is 12.0. The zero-order valence-corrected chi connectivity index (χ0v) is 9.36. The van der Waals surface area contributed by atoms with Gasteiger partial charge in [0.05, 0.1) is 0 Å². The van der Waals surface area contributed by atoms with Gasteiger partial charge in [-0.25, -0.2) is 0 Å². The molecule has 0 unspecified atom stereocenters. The molecule has 0 radical (unpaired) electrons. The molecule has 0 N–H and O–H groups in total. The van der Waals surface area contributed by atoms with Gasteiger partial charge in [-0.2, -0.15) is 0 Å². The molecule has 2 aromatic heterocycles. The van der Waals surface area contributed by atoms with Crippen molar-refractivity contribution in [2.75, 3.05) is 14.2 Å². The number of aromatic nitrogens is 3. The largest absolute Gasteiger partial charge is 0.805 e. The molecule has 90 valence electrons. The summed E-state index contributed by atoms with van der Waals surface area (Å²) in [6.07, 6.45) is 1.65. The highest BCUT2D eigenvalue weighted by Gasteiger charge is 2.18. The van der Waals surface area contributed by atoms with Crippen molar-refractivity contribution in [1.29, 1.82) is 0 Å². The Balaban J connectivity index is 2.75. The van der Waals surface area contributed by atoms with Crippen LogP contribution in [0.15, 0.2) is 24.5 Å². The summed E-state index contributed by atoms with van der Waals surface area (Å²) < 4.78 is 11.0. The minimum atomic E-state index is -0.891. The summed E-state index contributed by atoms with van der Waals surface area (Å²) in [7, 11) is 2.77. The number of pyridine rings is 1. The van der Waals surface area contributed by atoms with Gasteiger partial charge in [-0.3, -0.25) is 0 Å². The fourth-order valence-electron chi connectivity index (χ4n) is 1.58. The van der Waals surface area contributed by atoms with E-state index in [-0.39, 0.29) is 16.9 Å². The second-order valence-corrected chi connectivity index (χ2v) is 3.32. The molecular formula is C10H11N3O4. The van der Waals surface area contributed by atoms with Gasteiger partial charge in [0.15, 0.2) is 6.20 Å². The van der Waals surface area contributed by atoms with Crippen molar-refractivity contribution in [3.63, 3.8) is 0 Å². The van der Waals surface area contributed by atoms with E-state index >= 15 is 0 Å². The summed E-state index contributed by atoms with van der Waals surface area (Å²) >= 11 is 0. The molecule has 2 rings (SSSR count). The normalized spacial score (nSPS) is 11.2. The van der Waals surface area contributed by atoms with Crippen molar-refractivity contribution in [1.82, 2.24) is 9.71 Å². The highest BCUT2D eigenvalue weighted by Crippen LogP contribution is 2.18. The van der Waals surface area contributed by atoms with E-state index < -0.39 is 6.29 Å². The molecule has 0 fully saturated rings. The molecule has 0 spiro atoms. The first-order valence-electron chi connectivity index (χ1n) is 4.85. The van der Waals surface area contributed by atoms with Crippen LogP contribution in [-0.2, 0) is 9.47 Å². The van der Waals surface area contributed by atoms with Crippen molar-refractivity contribution in [3.8, 4) is 0 Å². The number of nitrogens with zero attached hydrogens (tertiary/aromatic N) is 3. The Morgan fingerprint density at radius 2 is 2.18 bits per heavy atom. The summed E-state index contributed by atoms with van der Waals surface area (Å²) in [5.74, 6) is 0. The predicted octanol–water partition coefficient (Wildman–Crippen LogP) is 0.588. The van der Waals surface area contributed by atoms with Gasteiger partial charge in [-0.15, -0.1) is 0 Å². The van der Waals surface area contributed by atoms with Crippen LogP contribution >= 0.6 is 0 Å². The summed E-state index contributed by atoms with van der Waals surface area (Å²) in [6, 6.07) is 3.09. The first-order chi connectivity index (χ1) is 8.19. The Hall–Kier alpha value is -1.99. The molecule has 0 aliphatic rings. The Morgan fingerprint density at radius 1 is 1.47 bits per heavy atom. The van der Waals surface area contributed by atoms with Gasteiger partial charge in [0.2, 0.25) is 6.29 Å². The number of hydrogen-bond acceptors (Lipinski definition) is 5. The Morgan fingerprint density at radius 3 is 2.82 bits per heavy atom. The molecule has 0 aromatic carbocycles. The van der Waals surface area contributed by atoms with Crippen LogP contribution in [0.25, 0.3) is 11.2 Å². The zero-order chi connectivity index (χ0) is 12.4. The molecule has 17 heavy (non-hydrogen) atoms. The predicted molar refractivity (Wildman–Crippen MR) is 58.6 cm³/mol. The second-order valence-electron chi connectivity index (χ2n) is 3.32. The third kappa shape index (κ3) is 1.85. The van der Waals surface area contributed by atoms with E-state index in [1.807, 2.05) is 0 Å². The van der Waals surface area contributed by atoms with Crippen LogP contribution in [0.5, 0.6) is 0 Å². The lowest BCUT2D eigenvalue weighted by Gasteiger charge is -2.21. The van der Waals surface area contributed by atoms with Crippen molar-refractivity contribution in [2.24, 2.45) is 0 Å². The molecule has 7 heteroatoms. The van der Waals surface area contributed by atoms with Gasteiger partial charge in [-0.05, 0) is 17.1 Å². The quantitative estimate of drug-likeness (QED) is 0.576. The number of rotatable bonds is 3.